The minimum Gasteiger partial charge on any atom is -0.320 e. The summed E-state index contributed by atoms with van der Waals surface area (Å²) in [5.74, 6) is 0. The van der Waals surface area contributed by atoms with Crippen molar-refractivity contribution in [3.63, 3.8) is 0 Å². The van der Waals surface area contributed by atoms with Gasteiger partial charge in [0, 0.05) is 0 Å². The third-order valence-corrected chi connectivity index (χ3v) is 0.648. The summed E-state index contributed by atoms with van der Waals surface area (Å²) in [7, 11) is 1.82. The van der Waals surface area contributed by atoms with Gasteiger partial charge in [-0.1, -0.05) is 0 Å². The summed E-state index contributed by atoms with van der Waals surface area (Å²) in [5.41, 5.74) is 0. The first-order valence-electron chi connectivity index (χ1n) is 2.30. The van der Waals surface area contributed by atoms with Gasteiger partial charge in [-0.2, -0.15) is 4.94 Å². The topological polar surface area (TPSA) is 21.3 Å². The van der Waals surface area contributed by atoms with Crippen molar-refractivity contribution in [2.75, 3.05) is 20.2 Å². The third kappa shape index (κ3) is 5.85. The molecule has 2 nitrogen and oxygen atoms in total. The summed E-state index contributed by atoms with van der Waals surface area (Å²) >= 11 is 0. The van der Waals surface area contributed by atoms with E-state index in [4.69, 9.17) is 0 Å². The molecule has 0 aliphatic rings. The molecule has 0 saturated carbocycles. The van der Waals surface area contributed by atoms with Gasteiger partial charge in [0.1, 0.15) is 0 Å². The summed E-state index contributed by atoms with van der Waals surface area (Å²) < 4.78 is 10.8. The highest BCUT2D eigenvalue weighted by Crippen LogP contribution is 1.77. The Hall–Kier alpha value is -0.150. The van der Waals surface area contributed by atoms with E-state index in [1.807, 2.05) is 7.05 Å². The Labute approximate surface area is 42.6 Å². The molecule has 7 heavy (non-hydrogen) atoms. The van der Waals surface area contributed by atoms with Gasteiger partial charge < -0.3 is 5.32 Å². The molecule has 0 unspecified atom stereocenters. The molecule has 0 aromatic carbocycles. The van der Waals surface area contributed by atoms with Gasteiger partial charge in [-0.3, -0.25) is 0 Å². The van der Waals surface area contributed by atoms with Crippen LogP contribution in [0.4, 0.5) is 4.53 Å². The fourth-order valence-corrected chi connectivity index (χ4v) is 0.303. The van der Waals surface area contributed by atoms with E-state index in [1.54, 1.807) is 0 Å². The van der Waals surface area contributed by atoms with Crippen molar-refractivity contribution in [3.8, 4) is 0 Å². The van der Waals surface area contributed by atoms with E-state index in [0.717, 1.165) is 13.0 Å². The first kappa shape index (κ1) is 6.85. The Bertz CT molecular complexity index is 30.9. The fourth-order valence-electron chi connectivity index (χ4n) is 0.303. The number of hydrogen-bond donors (Lipinski definition) is 1. The normalized spacial score (nSPS) is 9.43. The monoisotopic (exact) mass is 107 g/mol. The second kappa shape index (κ2) is 5.85. The van der Waals surface area contributed by atoms with Crippen molar-refractivity contribution in [1.29, 1.82) is 0 Å². The van der Waals surface area contributed by atoms with Crippen LogP contribution in [-0.4, -0.2) is 20.2 Å². The predicted molar refractivity (Wildman–Crippen MR) is 25.6 cm³/mol. The van der Waals surface area contributed by atoms with E-state index in [1.165, 1.54) is 0 Å². The largest absolute Gasteiger partial charge is 0.320 e. The van der Waals surface area contributed by atoms with Gasteiger partial charge >= 0.3 is 0 Å². The molecule has 0 radical (unpaired) electrons. The van der Waals surface area contributed by atoms with Crippen LogP contribution in [0.3, 0.4) is 0 Å². The summed E-state index contributed by atoms with van der Waals surface area (Å²) in [6.45, 7) is 1.00. The molecule has 0 saturated heterocycles. The van der Waals surface area contributed by atoms with Crippen molar-refractivity contribution in [2.45, 2.75) is 6.42 Å². The molecule has 0 aliphatic heterocycles. The molecule has 0 atom stereocenters. The number of halogens is 1. The Balaban J connectivity index is 2.45. The quantitative estimate of drug-likeness (QED) is 0.528. The maximum Gasteiger partial charge on any atom is 0.0888 e. The maximum atomic E-state index is 10.8. The minimum atomic E-state index is 0.195. The van der Waals surface area contributed by atoms with Gasteiger partial charge in [0.05, 0.1) is 6.61 Å². The van der Waals surface area contributed by atoms with E-state index in [9.17, 15) is 4.53 Å². The molecule has 0 amide bonds. The van der Waals surface area contributed by atoms with E-state index in [2.05, 4.69) is 10.3 Å². The molecular formula is C4H10FNO. The average Bonchev–Trinajstić information content (AvgIpc) is 1.69. The van der Waals surface area contributed by atoms with E-state index < -0.39 is 0 Å². The SMILES string of the molecule is CNCCCOF. The second-order valence-corrected chi connectivity index (χ2v) is 1.27. The Morgan fingerprint density at radius 1 is 1.71 bits per heavy atom. The summed E-state index contributed by atoms with van der Waals surface area (Å²) in [6, 6.07) is 0. The van der Waals surface area contributed by atoms with Crippen LogP contribution in [0, 0.1) is 0 Å². The van der Waals surface area contributed by atoms with Gasteiger partial charge in [-0.25, -0.2) is 0 Å². The van der Waals surface area contributed by atoms with Crippen LogP contribution in [0.25, 0.3) is 0 Å². The third-order valence-electron chi connectivity index (χ3n) is 0.648. The predicted octanol–water partition coefficient (Wildman–Crippen LogP) is 0.497. The fraction of sp³-hybridized carbons (Fsp3) is 1.00. The molecule has 0 aromatic rings. The zero-order valence-electron chi connectivity index (χ0n) is 4.41. The lowest BCUT2D eigenvalue weighted by Gasteiger charge is -1.91. The van der Waals surface area contributed by atoms with Crippen LogP contribution in [0.1, 0.15) is 6.42 Å². The molecule has 0 aliphatic carbocycles. The highest BCUT2D eigenvalue weighted by atomic mass is 19.3. The molecular weight excluding hydrogens is 97.0 g/mol. The van der Waals surface area contributed by atoms with Crippen LogP contribution in [0.2, 0.25) is 0 Å². The molecule has 44 valence electrons. The zero-order valence-corrected chi connectivity index (χ0v) is 4.41. The van der Waals surface area contributed by atoms with E-state index in [-0.39, 0.29) is 6.61 Å². The van der Waals surface area contributed by atoms with Gasteiger partial charge in [-0.15, -0.1) is 0 Å². The molecule has 0 rings (SSSR count). The lowest BCUT2D eigenvalue weighted by molar-refractivity contribution is -0.132. The second-order valence-electron chi connectivity index (χ2n) is 1.27. The number of nitrogens with one attached hydrogen (secondary N) is 1. The first-order valence-corrected chi connectivity index (χ1v) is 2.30. The maximum absolute atomic E-state index is 10.8. The molecule has 3 heteroatoms. The zero-order chi connectivity index (χ0) is 5.54. The Kier molecular flexibility index (Phi) is 5.72. The first-order chi connectivity index (χ1) is 3.41. The summed E-state index contributed by atoms with van der Waals surface area (Å²) in [4.78, 5) is 3.30. The van der Waals surface area contributed by atoms with Crippen LogP contribution in [-0.2, 0) is 4.94 Å². The van der Waals surface area contributed by atoms with Crippen molar-refractivity contribution in [1.82, 2.24) is 5.32 Å². The van der Waals surface area contributed by atoms with Gasteiger partial charge in [0.2, 0.25) is 0 Å². The lowest BCUT2D eigenvalue weighted by Crippen LogP contribution is -2.08. The van der Waals surface area contributed by atoms with Gasteiger partial charge in [0.25, 0.3) is 0 Å². The number of rotatable bonds is 4. The lowest BCUT2D eigenvalue weighted by atomic mass is 10.5. The minimum absolute atomic E-state index is 0.195. The molecule has 0 bridgehead atoms. The van der Waals surface area contributed by atoms with Crippen LogP contribution in [0.15, 0.2) is 0 Å². The highest BCUT2D eigenvalue weighted by Gasteiger charge is 1.81. The highest BCUT2D eigenvalue weighted by molar-refractivity contribution is 4.35. The Morgan fingerprint density at radius 3 is 2.86 bits per heavy atom. The van der Waals surface area contributed by atoms with Gasteiger partial charge in [0.15, 0.2) is 0 Å². The van der Waals surface area contributed by atoms with Gasteiger partial charge in [-0.05, 0) is 24.5 Å². The standard InChI is InChI=1S/C4H10FNO/c1-6-3-2-4-7-5/h6H,2-4H2,1H3. The average molecular weight is 107 g/mol. The summed E-state index contributed by atoms with van der Waals surface area (Å²) in [6.07, 6.45) is 0.729. The summed E-state index contributed by atoms with van der Waals surface area (Å²) in [5, 5.41) is 2.86. The van der Waals surface area contributed by atoms with E-state index >= 15 is 0 Å². The van der Waals surface area contributed by atoms with Crippen LogP contribution < -0.4 is 5.32 Å². The number of hydrogen-bond acceptors (Lipinski definition) is 2. The van der Waals surface area contributed by atoms with Crippen molar-refractivity contribution in [3.05, 3.63) is 0 Å². The smallest absolute Gasteiger partial charge is 0.0888 e. The molecule has 1 N–H and O–H groups in total. The molecule has 0 aromatic heterocycles. The van der Waals surface area contributed by atoms with Crippen molar-refractivity contribution < 1.29 is 9.47 Å². The molecule has 0 heterocycles. The molecule has 0 spiro atoms. The van der Waals surface area contributed by atoms with Crippen molar-refractivity contribution >= 4 is 0 Å². The van der Waals surface area contributed by atoms with Crippen LogP contribution >= 0.6 is 0 Å². The Morgan fingerprint density at radius 2 is 2.43 bits per heavy atom. The molecule has 0 fully saturated rings. The van der Waals surface area contributed by atoms with Crippen molar-refractivity contribution in [2.24, 2.45) is 0 Å². The van der Waals surface area contributed by atoms with Crippen LogP contribution in [0.5, 0.6) is 0 Å². The van der Waals surface area contributed by atoms with E-state index in [0.29, 0.717) is 0 Å².